The quantitative estimate of drug-likeness (QED) is 0.798. The zero-order valence-corrected chi connectivity index (χ0v) is 13.9. The molecule has 3 aromatic rings. The van der Waals surface area contributed by atoms with Gasteiger partial charge in [-0.25, -0.2) is 10.4 Å². The van der Waals surface area contributed by atoms with E-state index in [-0.39, 0.29) is 11.8 Å². The fourth-order valence-corrected chi connectivity index (χ4v) is 2.96. The Hall–Kier alpha value is -3.21. The van der Waals surface area contributed by atoms with Crippen LogP contribution in [0.5, 0.6) is 0 Å². The van der Waals surface area contributed by atoms with Crippen molar-refractivity contribution >= 4 is 28.7 Å². The first-order valence-corrected chi connectivity index (χ1v) is 8.28. The molecule has 2 aromatic carbocycles. The van der Waals surface area contributed by atoms with Crippen molar-refractivity contribution in [2.24, 2.45) is 11.0 Å². The van der Waals surface area contributed by atoms with Gasteiger partial charge in [-0.2, -0.15) is 5.10 Å². The number of rotatable bonds is 3. The Balaban J connectivity index is 1.56. The second-order valence-corrected chi connectivity index (χ2v) is 6.20. The number of benzene rings is 2. The van der Waals surface area contributed by atoms with Gasteiger partial charge in [-0.05, 0) is 35.9 Å². The first kappa shape index (κ1) is 15.3. The van der Waals surface area contributed by atoms with E-state index in [0.29, 0.717) is 6.42 Å². The molecule has 1 N–H and O–H groups in total. The molecule has 2 heterocycles. The minimum Gasteiger partial charge on any atom is -0.299 e. The number of hydrazone groups is 1. The maximum atomic E-state index is 11.3. The molecule has 0 radical (unpaired) electrons. The molecule has 25 heavy (non-hydrogen) atoms. The van der Waals surface area contributed by atoms with Crippen molar-refractivity contribution in [1.82, 2.24) is 15.0 Å². The lowest BCUT2D eigenvalue weighted by Crippen LogP contribution is -2.30. The minimum atomic E-state index is -0.0263. The minimum absolute atomic E-state index is 0.0263. The first-order chi connectivity index (χ1) is 12.2. The largest absolute Gasteiger partial charge is 0.299 e. The van der Waals surface area contributed by atoms with Crippen LogP contribution in [0.3, 0.4) is 0 Å². The Morgan fingerprint density at radius 1 is 1.12 bits per heavy atom. The van der Waals surface area contributed by atoms with Gasteiger partial charge in [-0.15, -0.1) is 0 Å². The Morgan fingerprint density at radius 3 is 2.72 bits per heavy atom. The van der Waals surface area contributed by atoms with Crippen LogP contribution in [0.2, 0.25) is 0 Å². The molecule has 0 saturated carbocycles. The predicted octanol–water partition coefficient (Wildman–Crippen LogP) is 3.55. The molecule has 1 aliphatic heterocycles. The topological polar surface area (TPSA) is 59.3 Å². The van der Waals surface area contributed by atoms with Gasteiger partial charge < -0.3 is 0 Å². The lowest BCUT2D eigenvalue weighted by atomic mass is 9.99. The number of para-hydroxylation sites is 2. The smallest absolute Gasteiger partial charge is 0.240 e. The lowest BCUT2D eigenvalue weighted by molar-refractivity contribution is -0.121. The highest BCUT2D eigenvalue weighted by Gasteiger charge is 2.17. The highest BCUT2D eigenvalue weighted by atomic mass is 16.2. The maximum absolute atomic E-state index is 11.3. The van der Waals surface area contributed by atoms with Crippen LogP contribution < -0.4 is 5.43 Å². The van der Waals surface area contributed by atoms with E-state index < -0.39 is 0 Å². The van der Waals surface area contributed by atoms with Crippen molar-refractivity contribution in [3.63, 3.8) is 0 Å². The molecule has 0 aliphatic carbocycles. The monoisotopic (exact) mass is 330 g/mol. The van der Waals surface area contributed by atoms with E-state index in [0.717, 1.165) is 28.0 Å². The number of imidazole rings is 1. The van der Waals surface area contributed by atoms with Gasteiger partial charge in [0.2, 0.25) is 5.91 Å². The van der Waals surface area contributed by atoms with Crippen LogP contribution >= 0.6 is 0 Å². The fourth-order valence-electron chi connectivity index (χ4n) is 2.96. The molecule has 0 fully saturated rings. The number of amides is 1. The SMILES string of the molecule is CC1CC(=O)NN=C1/C=C/c1ccc(-n2cnc3ccccc32)cc1. The second kappa shape index (κ2) is 6.36. The molecule has 1 amide bonds. The Kier molecular flexibility index (Phi) is 3.90. The van der Waals surface area contributed by atoms with E-state index in [9.17, 15) is 4.79 Å². The van der Waals surface area contributed by atoms with Gasteiger partial charge in [0, 0.05) is 18.0 Å². The van der Waals surface area contributed by atoms with E-state index in [4.69, 9.17) is 0 Å². The average Bonchev–Trinajstić information content (AvgIpc) is 3.06. The van der Waals surface area contributed by atoms with Crippen molar-refractivity contribution < 1.29 is 4.79 Å². The number of allylic oxidation sites excluding steroid dienone is 1. The van der Waals surface area contributed by atoms with Crippen LogP contribution in [0, 0.1) is 5.92 Å². The molecule has 124 valence electrons. The summed E-state index contributed by atoms with van der Waals surface area (Å²) in [5, 5.41) is 4.12. The highest BCUT2D eigenvalue weighted by Crippen LogP contribution is 2.19. The molecule has 0 bridgehead atoms. The summed E-state index contributed by atoms with van der Waals surface area (Å²) >= 11 is 0. The number of nitrogens with zero attached hydrogens (tertiary/aromatic N) is 3. The molecule has 1 aliphatic rings. The van der Waals surface area contributed by atoms with Gasteiger partial charge >= 0.3 is 0 Å². The number of fused-ring (bicyclic) bond motifs is 1. The van der Waals surface area contributed by atoms with Crippen molar-refractivity contribution in [3.05, 3.63) is 66.5 Å². The van der Waals surface area contributed by atoms with E-state index in [1.54, 1.807) is 0 Å². The number of carbonyl (C=O) groups is 1. The van der Waals surface area contributed by atoms with E-state index >= 15 is 0 Å². The van der Waals surface area contributed by atoms with Crippen molar-refractivity contribution in [3.8, 4) is 5.69 Å². The number of carbonyl (C=O) groups excluding carboxylic acids is 1. The molecule has 5 heteroatoms. The third kappa shape index (κ3) is 3.08. The van der Waals surface area contributed by atoms with Crippen LogP contribution in [-0.2, 0) is 4.79 Å². The van der Waals surface area contributed by atoms with Gasteiger partial charge in [0.25, 0.3) is 0 Å². The van der Waals surface area contributed by atoms with E-state index in [2.05, 4.69) is 50.4 Å². The summed E-state index contributed by atoms with van der Waals surface area (Å²) in [6.07, 6.45) is 6.31. The predicted molar refractivity (Wildman–Crippen MR) is 99.5 cm³/mol. The van der Waals surface area contributed by atoms with Crippen LogP contribution in [-0.4, -0.2) is 21.2 Å². The van der Waals surface area contributed by atoms with Gasteiger partial charge in [0.15, 0.2) is 0 Å². The Labute approximate surface area is 145 Å². The summed E-state index contributed by atoms with van der Waals surface area (Å²) in [4.78, 5) is 15.7. The summed E-state index contributed by atoms with van der Waals surface area (Å²) in [7, 11) is 0. The molecule has 0 spiro atoms. The van der Waals surface area contributed by atoms with Gasteiger partial charge in [-0.1, -0.05) is 37.3 Å². The van der Waals surface area contributed by atoms with Crippen LogP contribution in [0.4, 0.5) is 0 Å². The summed E-state index contributed by atoms with van der Waals surface area (Å²) in [5.74, 6) is 0.114. The van der Waals surface area contributed by atoms with Gasteiger partial charge in [0.1, 0.15) is 6.33 Å². The van der Waals surface area contributed by atoms with E-state index in [1.807, 2.05) is 43.6 Å². The number of aromatic nitrogens is 2. The van der Waals surface area contributed by atoms with Crippen molar-refractivity contribution in [2.45, 2.75) is 13.3 Å². The summed E-state index contributed by atoms with van der Waals surface area (Å²) in [6, 6.07) is 16.3. The highest BCUT2D eigenvalue weighted by molar-refractivity contribution is 6.03. The molecule has 5 nitrogen and oxygen atoms in total. The van der Waals surface area contributed by atoms with Gasteiger partial charge in [-0.3, -0.25) is 9.36 Å². The molecule has 4 rings (SSSR count). The molecular formula is C20H18N4O. The summed E-state index contributed by atoms with van der Waals surface area (Å²) < 4.78 is 2.08. The van der Waals surface area contributed by atoms with Crippen LogP contribution in [0.15, 0.2) is 66.0 Å². The zero-order valence-electron chi connectivity index (χ0n) is 13.9. The first-order valence-electron chi connectivity index (χ1n) is 8.28. The number of hydrogen-bond donors (Lipinski definition) is 1. The van der Waals surface area contributed by atoms with Gasteiger partial charge in [0.05, 0.1) is 16.7 Å². The summed E-state index contributed by atoms with van der Waals surface area (Å²) in [6.45, 7) is 2.01. The lowest BCUT2D eigenvalue weighted by Gasteiger charge is -2.16. The third-order valence-corrected chi connectivity index (χ3v) is 4.38. The summed E-state index contributed by atoms with van der Waals surface area (Å²) in [5.41, 5.74) is 7.65. The van der Waals surface area contributed by atoms with Crippen molar-refractivity contribution in [1.29, 1.82) is 0 Å². The Morgan fingerprint density at radius 2 is 1.92 bits per heavy atom. The molecule has 0 saturated heterocycles. The molecule has 1 atom stereocenters. The van der Waals surface area contributed by atoms with E-state index in [1.165, 1.54) is 0 Å². The van der Waals surface area contributed by atoms with Crippen LogP contribution in [0.25, 0.3) is 22.8 Å². The third-order valence-electron chi connectivity index (χ3n) is 4.38. The van der Waals surface area contributed by atoms with Crippen molar-refractivity contribution in [2.75, 3.05) is 0 Å². The zero-order chi connectivity index (χ0) is 17.2. The fraction of sp³-hybridized carbons (Fsp3) is 0.150. The molecule has 1 unspecified atom stereocenters. The van der Waals surface area contributed by atoms with Crippen LogP contribution in [0.1, 0.15) is 18.9 Å². The normalized spacial score (nSPS) is 17.7. The number of nitrogens with one attached hydrogen (secondary N) is 1. The standard InChI is InChI=1S/C20H18N4O/c1-14-12-20(25)23-22-17(14)11-8-15-6-9-16(10-7-15)24-13-21-18-4-2-3-5-19(18)24/h2-11,13-14H,12H2,1H3,(H,23,25)/b11-8+. The maximum Gasteiger partial charge on any atom is 0.240 e. The Bertz CT molecular complexity index is 982. The second-order valence-electron chi connectivity index (χ2n) is 6.20. The molecular weight excluding hydrogens is 312 g/mol. The average molecular weight is 330 g/mol. The number of hydrogen-bond acceptors (Lipinski definition) is 3. The molecule has 1 aromatic heterocycles.